The summed E-state index contributed by atoms with van der Waals surface area (Å²) >= 11 is 2.28. The molecule has 3 heterocycles. The van der Waals surface area contributed by atoms with Crippen molar-refractivity contribution in [1.82, 2.24) is 15.2 Å². The van der Waals surface area contributed by atoms with Gasteiger partial charge in [0.15, 0.2) is 10.8 Å². The molecule has 2 aliphatic rings. The molecule has 3 N–H and O–H groups in total. The molecule has 15 heteroatoms. The topological polar surface area (TPSA) is 177 Å². The molecule has 3 rings (SSSR count). The van der Waals surface area contributed by atoms with Crippen LogP contribution in [0.15, 0.2) is 34.5 Å². The predicted octanol–water partition coefficient (Wildman–Crippen LogP) is 0.698. The van der Waals surface area contributed by atoms with Crippen LogP contribution in [0.2, 0.25) is 0 Å². The highest BCUT2D eigenvalue weighted by Crippen LogP contribution is 2.40. The van der Waals surface area contributed by atoms with Gasteiger partial charge in [-0.2, -0.15) is 0 Å². The minimum absolute atomic E-state index is 0.0195. The largest absolute Gasteiger partial charge is 0.477 e. The third-order valence-corrected chi connectivity index (χ3v) is 6.71. The van der Waals surface area contributed by atoms with Crippen LogP contribution in [0.1, 0.15) is 26.5 Å². The van der Waals surface area contributed by atoms with E-state index in [9.17, 15) is 29.1 Å². The molecule has 1 fully saturated rings. The van der Waals surface area contributed by atoms with Crippen molar-refractivity contribution in [1.29, 1.82) is 0 Å². The van der Waals surface area contributed by atoms with Gasteiger partial charge in [-0.3, -0.25) is 19.3 Å². The van der Waals surface area contributed by atoms with Gasteiger partial charge in [-0.25, -0.2) is 14.6 Å². The first-order valence-electron chi connectivity index (χ1n) is 10.4. The van der Waals surface area contributed by atoms with E-state index in [1.165, 1.54) is 23.2 Å². The first-order valence-corrected chi connectivity index (χ1v) is 12.3. The number of oxime groups is 1. The third-order valence-electron chi connectivity index (χ3n) is 4.64. The van der Waals surface area contributed by atoms with Gasteiger partial charge in [0, 0.05) is 11.1 Å². The van der Waals surface area contributed by atoms with Crippen molar-refractivity contribution < 1.29 is 38.7 Å². The van der Waals surface area contributed by atoms with E-state index < -0.39 is 47.4 Å². The second-order valence-corrected chi connectivity index (χ2v) is 10.3. The lowest BCUT2D eigenvalue weighted by Gasteiger charge is -2.49. The summed E-state index contributed by atoms with van der Waals surface area (Å²) in [6.45, 7) is 8.02. The number of hydrogen-bond acceptors (Lipinski definition) is 11. The number of hydrogen-bond donors (Lipinski definition) is 3. The van der Waals surface area contributed by atoms with E-state index in [1.54, 1.807) is 20.8 Å². The van der Waals surface area contributed by atoms with Crippen molar-refractivity contribution in [3.63, 3.8) is 0 Å². The Labute approximate surface area is 213 Å². The highest BCUT2D eigenvalue weighted by Gasteiger charge is 2.54. The van der Waals surface area contributed by atoms with Crippen LogP contribution in [0.3, 0.4) is 0 Å². The van der Waals surface area contributed by atoms with Gasteiger partial charge in [0.2, 0.25) is 13.0 Å². The quantitative estimate of drug-likeness (QED) is 0.127. The van der Waals surface area contributed by atoms with E-state index in [-0.39, 0.29) is 22.2 Å². The smallest absolute Gasteiger partial charge is 0.352 e. The average Bonchev–Trinajstić information content (AvgIpc) is 3.26. The van der Waals surface area contributed by atoms with Crippen molar-refractivity contribution in [3.8, 4) is 0 Å². The zero-order valence-corrected chi connectivity index (χ0v) is 21.1. The molecule has 0 aliphatic carbocycles. The Morgan fingerprint density at radius 3 is 2.72 bits per heavy atom. The number of fused-ring (bicyclic) bond motifs is 1. The molecule has 1 aromatic rings. The number of thiazole rings is 1. The first kappa shape index (κ1) is 26.9. The van der Waals surface area contributed by atoms with Crippen molar-refractivity contribution in [2.45, 2.75) is 37.8 Å². The number of amides is 3. The maximum atomic E-state index is 13.1. The molecule has 2 aliphatic heterocycles. The zero-order valence-electron chi connectivity index (χ0n) is 19.5. The van der Waals surface area contributed by atoms with E-state index in [2.05, 4.69) is 27.4 Å². The maximum Gasteiger partial charge on any atom is 0.352 e. The summed E-state index contributed by atoms with van der Waals surface area (Å²) < 4.78 is 5.12. The molecule has 192 valence electrons. The summed E-state index contributed by atoms with van der Waals surface area (Å²) in [6.07, 6.45) is 1.79. The van der Waals surface area contributed by atoms with Crippen molar-refractivity contribution >= 4 is 64.1 Å². The predicted molar refractivity (Wildman–Crippen MR) is 130 cm³/mol. The number of anilines is 1. The van der Waals surface area contributed by atoms with Crippen molar-refractivity contribution in [3.05, 3.63) is 35.0 Å². The standard InChI is InChI=1S/C21H23N5O8S2/c1-5-10-7-35-18-14(17(30)26(18)15(10)19(31)32)24-16(29)13(11-8-36-20(23-11)22-9-27)25-33-6-12(28)34-21(2,3)4/h5,8-9,14,18H,1,6-7H2,2-4H3,(H,24,29)(H,31,32)(H,22,23,27)/b25-13-/t14-,18-/m1/s1. The Morgan fingerprint density at radius 1 is 1.39 bits per heavy atom. The second-order valence-electron chi connectivity index (χ2n) is 8.34. The van der Waals surface area contributed by atoms with Gasteiger partial charge in [-0.05, 0) is 26.3 Å². The number of allylic oxidation sites excluding steroid dienone is 1. The summed E-state index contributed by atoms with van der Waals surface area (Å²) in [6, 6.07) is -1.04. The number of carbonyl (C=O) groups excluding carboxylic acids is 4. The number of aliphatic carboxylic acids is 1. The Bertz CT molecular complexity index is 1170. The lowest BCUT2D eigenvalue weighted by atomic mass is 10.0. The zero-order chi connectivity index (χ0) is 26.6. The molecule has 2 atom stereocenters. The Balaban J connectivity index is 1.78. The monoisotopic (exact) mass is 537 g/mol. The Hall–Kier alpha value is -3.72. The molecular formula is C21H23N5O8S2. The van der Waals surface area contributed by atoms with Gasteiger partial charge in [0.1, 0.15) is 28.4 Å². The molecule has 0 radical (unpaired) electrons. The van der Waals surface area contributed by atoms with Crippen LogP contribution in [0.4, 0.5) is 5.13 Å². The van der Waals surface area contributed by atoms with Crippen LogP contribution in [0.25, 0.3) is 0 Å². The molecule has 3 amide bonds. The van der Waals surface area contributed by atoms with Crippen molar-refractivity contribution in [2.24, 2.45) is 5.16 Å². The number of thioether (sulfide) groups is 1. The fourth-order valence-electron chi connectivity index (χ4n) is 3.23. The summed E-state index contributed by atoms with van der Waals surface area (Å²) in [5.41, 5.74) is -0.870. The fraction of sp³-hybridized carbons (Fsp3) is 0.381. The minimum Gasteiger partial charge on any atom is -0.477 e. The lowest BCUT2D eigenvalue weighted by Crippen LogP contribution is -2.71. The summed E-state index contributed by atoms with van der Waals surface area (Å²) in [7, 11) is 0. The lowest BCUT2D eigenvalue weighted by molar-refractivity contribution is -0.160. The Morgan fingerprint density at radius 2 is 2.11 bits per heavy atom. The Kier molecular flexibility index (Phi) is 8.14. The fourth-order valence-corrected chi connectivity index (χ4v) is 5.23. The van der Waals surface area contributed by atoms with Gasteiger partial charge in [-0.1, -0.05) is 17.8 Å². The van der Waals surface area contributed by atoms with Gasteiger partial charge < -0.3 is 25.3 Å². The average molecular weight is 538 g/mol. The molecule has 36 heavy (non-hydrogen) atoms. The van der Waals surface area contributed by atoms with Crippen molar-refractivity contribution in [2.75, 3.05) is 17.7 Å². The van der Waals surface area contributed by atoms with Crippen LogP contribution >= 0.6 is 23.1 Å². The SMILES string of the molecule is C=CC1=C(C(=O)O)N2C(=O)[C@@H](NC(=O)/C(=N\OCC(=O)OC(C)(C)C)c3csc(NC=O)n3)[C@H]2SC1. The van der Waals surface area contributed by atoms with E-state index in [1.807, 2.05) is 0 Å². The number of nitrogens with zero attached hydrogens (tertiary/aromatic N) is 3. The second kappa shape index (κ2) is 10.9. The number of rotatable bonds is 10. The number of carboxylic acids is 1. The number of carbonyl (C=O) groups is 5. The first-order chi connectivity index (χ1) is 17.0. The molecule has 0 saturated carbocycles. The molecule has 1 aromatic heterocycles. The van der Waals surface area contributed by atoms with Gasteiger partial charge in [0.05, 0.1) is 0 Å². The van der Waals surface area contributed by atoms with Crippen LogP contribution in [0, 0.1) is 0 Å². The summed E-state index contributed by atoms with van der Waals surface area (Å²) in [5.74, 6) is -3.17. The highest BCUT2D eigenvalue weighted by molar-refractivity contribution is 8.00. The molecule has 0 aromatic carbocycles. The van der Waals surface area contributed by atoms with Gasteiger partial charge in [-0.15, -0.1) is 23.1 Å². The van der Waals surface area contributed by atoms with Crippen LogP contribution in [0.5, 0.6) is 0 Å². The molecule has 13 nitrogen and oxygen atoms in total. The number of nitrogens with one attached hydrogen (secondary N) is 2. The van der Waals surface area contributed by atoms with Crippen LogP contribution in [-0.4, -0.2) is 80.2 Å². The number of ether oxygens (including phenoxy) is 1. The maximum absolute atomic E-state index is 13.1. The summed E-state index contributed by atoms with van der Waals surface area (Å²) in [5, 5.41) is 19.1. The van der Waals surface area contributed by atoms with E-state index >= 15 is 0 Å². The number of aromatic nitrogens is 1. The summed E-state index contributed by atoms with van der Waals surface area (Å²) in [4.78, 5) is 70.4. The molecule has 0 bridgehead atoms. The van der Waals surface area contributed by atoms with Gasteiger partial charge in [0.25, 0.3) is 11.8 Å². The minimum atomic E-state index is -1.27. The molecule has 0 spiro atoms. The van der Waals surface area contributed by atoms with E-state index in [0.29, 0.717) is 17.7 Å². The van der Waals surface area contributed by atoms with E-state index in [0.717, 1.165) is 16.2 Å². The number of esters is 1. The number of carboxylic acid groups (broad SMARTS) is 1. The van der Waals surface area contributed by atoms with Crippen LogP contribution in [-0.2, 0) is 33.5 Å². The third kappa shape index (κ3) is 5.91. The molecular weight excluding hydrogens is 514 g/mol. The number of β-lactam (4-membered cyclic amide) rings is 1. The highest BCUT2D eigenvalue weighted by atomic mass is 32.2. The molecule has 1 saturated heterocycles. The van der Waals surface area contributed by atoms with Gasteiger partial charge >= 0.3 is 11.9 Å². The van der Waals surface area contributed by atoms with Crippen LogP contribution < -0.4 is 10.6 Å². The molecule has 0 unspecified atom stereocenters. The normalized spacial score (nSPS) is 19.6. The van der Waals surface area contributed by atoms with E-state index in [4.69, 9.17) is 9.57 Å².